The van der Waals surface area contributed by atoms with Gasteiger partial charge in [0.25, 0.3) is 0 Å². The van der Waals surface area contributed by atoms with E-state index in [4.69, 9.17) is 14.2 Å². The maximum Gasteiger partial charge on any atom is 0.343 e. The van der Waals surface area contributed by atoms with Gasteiger partial charge in [0, 0.05) is 0 Å². The summed E-state index contributed by atoms with van der Waals surface area (Å²) in [6.45, 7) is 5.98. The summed E-state index contributed by atoms with van der Waals surface area (Å²) in [6.07, 6.45) is -0.192. The summed E-state index contributed by atoms with van der Waals surface area (Å²) in [5, 5.41) is 0. The minimum atomic E-state index is -0.499. The normalized spacial score (nSPS) is 10.4. The largest absolute Gasteiger partial charge is 0.493 e. The van der Waals surface area contributed by atoms with E-state index in [2.05, 4.69) is 15.9 Å². The molecule has 0 bridgehead atoms. The van der Waals surface area contributed by atoms with Crippen LogP contribution >= 0.6 is 15.9 Å². The summed E-state index contributed by atoms with van der Waals surface area (Å²) in [7, 11) is 0. The van der Waals surface area contributed by atoms with Crippen LogP contribution in [-0.4, -0.2) is 24.6 Å². The second-order valence-corrected chi connectivity index (χ2v) is 6.30. The summed E-state index contributed by atoms with van der Waals surface area (Å²) in [4.78, 5) is 24.0. The number of hydrogen-bond acceptors (Lipinski definition) is 5. The molecule has 0 amide bonds. The topological polar surface area (TPSA) is 61.8 Å². The smallest absolute Gasteiger partial charge is 0.343 e. The Morgan fingerprint density at radius 2 is 1.64 bits per heavy atom. The second-order valence-electron chi connectivity index (χ2n) is 5.45. The monoisotopic (exact) mass is 406 g/mol. The first-order valence-corrected chi connectivity index (χ1v) is 8.65. The van der Waals surface area contributed by atoms with Crippen molar-refractivity contribution < 1.29 is 23.8 Å². The molecule has 0 N–H and O–H groups in total. The summed E-state index contributed by atoms with van der Waals surface area (Å²) in [5.41, 5.74) is 0.788. The van der Waals surface area contributed by atoms with Crippen molar-refractivity contribution >= 4 is 27.9 Å². The lowest BCUT2D eigenvalue weighted by atomic mass is 10.2. The third-order valence-corrected chi connectivity index (χ3v) is 3.73. The van der Waals surface area contributed by atoms with Gasteiger partial charge >= 0.3 is 11.9 Å². The Hall–Kier alpha value is -2.34. The van der Waals surface area contributed by atoms with E-state index in [1.54, 1.807) is 56.3 Å². The fourth-order valence-electron chi connectivity index (χ4n) is 2.01. The van der Waals surface area contributed by atoms with Crippen LogP contribution in [0.1, 0.15) is 41.5 Å². The summed E-state index contributed by atoms with van der Waals surface area (Å²) >= 11 is 3.36. The van der Waals surface area contributed by atoms with Crippen LogP contribution in [0, 0.1) is 0 Å². The molecule has 0 spiro atoms. The quantitative estimate of drug-likeness (QED) is 0.516. The van der Waals surface area contributed by atoms with Crippen LogP contribution in [-0.2, 0) is 4.74 Å². The Bertz CT molecular complexity index is 753. The van der Waals surface area contributed by atoms with Gasteiger partial charge in [-0.3, -0.25) is 0 Å². The molecule has 0 fully saturated rings. The first-order chi connectivity index (χ1) is 11.9. The molecule has 0 aliphatic rings. The van der Waals surface area contributed by atoms with Gasteiger partial charge in [-0.05, 0) is 79.2 Å². The van der Waals surface area contributed by atoms with E-state index >= 15 is 0 Å². The van der Waals surface area contributed by atoms with Gasteiger partial charge in [0.2, 0.25) is 0 Å². The van der Waals surface area contributed by atoms with Crippen molar-refractivity contribution in [2.24, 2.45) is 0 Å². The standard InChI is InChI=1S/C19H19BrO5/c1-4-23-17-10-7-14(11-16(17)20)19(22)25-15-8-5-13(6-9-15)18(21)24-12(2)3/h5-12H,4H2,1-3H3. The van der Waals surface area contributed by atoms with Gasteiger partial charge in [0.05, 0.1) is 28.3 Å². The number of rotatable bonds is 6. The molecule has 0 heterocycles. The lowest BCUT2D eigenvalue weighted by Gasteiger charge is -2.09. The van der Waals surface area contributed by atoms with Crippen LogP contribution in [0.25, 0.3) is 0 Å². The van der Waals surface area contributed by atoms with Crippen molar-refractivity contribution in [3.63, 3.8) is 0 Å². The fraction of sp³-hybridized carbons (Fsp3) is 0.263. The van der Waals surface area contributed by atoms with Crippen molar-refractivity contribution in [1.29, 1.82) is 0 Å². The highest BCUT2D eigenvalue weighted by Crippen LogP contribution is 2.26. The van der Waals surface area contributed by atoms with E-state index in [0.29, 0.717) is 33.7 Å². The molecular formula is C19H19BrO5. The van der Waals surface area contributed by atoms with Crippen molar-refractivity contribution in [3.05, 3.63) is 58.1 Å². The molecule has 5 nitrogen and oxygen atoms in total. The maximum absolute atomic E-state index is 12.2. The molecule has 6 heteroatoms. The summed E-state index contributed by atoms with van der Waals surface area (Å²) in [5.74, 6) is 0.0905. The number of carbonyl (C=O) groups is 2. The van der Waals surface area contributed by atoms with Crippen LogP contribution in [0.2, 0.25) is 0 Å². The molecule has 0 atom stereocenters. The molecule has 0 aromatic heterocycles. The average Bonchev–Trinajstić information content (AvgIpc) is 2.56. The zero-order valence-corrected chi connectivity index (χ0v) is 15.8. The SMILES string of the molecule is CCOc1ccc(C(=O)Oc2ccc(C(=O)OC(C)C)cc2)cc1Br. The van der Waals surface area contributed by atoms with Gasteiger partial charge in [-0.25, -0.2) is 9.59 Å². The summed E-state index contributed by atoms with van der Waals surface area (Å²) in [6, 6.07) is 11.2. The lowest BCUT2D eigenvalue weighted by molar-refractivity contribution is 0.0378. The highest BCUT2D eigenvalue weighted by Gasteiger charge is 2.13. The fourth-order valence-corrected chi connectivity index (χ4v) is 2.50. The molecule has 0 saturated carbocycles. The zero-order valence-electron chi connectivity index (χ0n) is 14.2. The van der Waals surface area contributed by atoms with Crippen molar-refractivity contribution in [2.75, 3.05) is 6.61 Å². The molecule has 0 aliphatic heterocycles. The number of hydrogen-bond donors (Lipinski definition) is 0. The van der Waals surface area contributed by atoms with E-state index < -0.39 is 11.9 Å². The Labute approximate surface area is 155 Å². The molecule has 2 aromatic rings. The molecular weight excluding hydrogens is 388 g/mol. The van der Waals surface area contributed by atoms with Gasteiger partial charge in [0.15, 0.2) is 0 Å². The number of ether oxygens (including phenoxy) is 3. The third kappa shape index (κ3) is 5.32. The first kappa shape index (κ1) is 19.0. The minimum Gasteiger partial charge on any atom is -0.493 e. The second kappa shape index (κ2) is 8.67. The molecule has 0 aliphatic carbocycles. The molecule has 25 heavy (non-hydrogen) atoms. The van der Waals surface area contributed by atoms with E-state index in [0.717, 1.165) is 0 Å². The van der Waals surface area contributed by atoms with Crippen molar-refractivity contribution in [2.45, 2.75) is 26.9 Å². The molecule has 132 valence electrons. The Morgan fingerprint density at radius 3 is 2.20 bits per heavy atom. The number of halogens is 1. The zero-order chi connectivity index (χ0) is 18.4. The van der Waals surface area contributed by atoms with Gasteiger partial charge in [-0.1, -0.05) is 0 Å². The van der Waals surface area contributed by atoms with Crippen LogP contribution < -0.4 is 9.47 Å². The Kier molecular flexibility index (Phi) is 6.58. The van der Waals surface area contributed by atoms with Crippen molar-refractivity contribution in [3.8, 4) is 11.5 Å². The number of carbonyl (C=O) groups excluding carboxylic acids is 2. The Balaban J connectivity index is 2.05. The van der Waals surface area contributed by atoms with E-state index in [9.17, 15) is 9.59 Å². The van der Waals surface area contributed by atoms with Crippen LogP contribution in [0.4, 0.5) is 0 Å². The van der Waals surface area contributed by atoms with Gasteiger partial charge in [-0.15, -0.1) is 0 Å². The number of benzene rings is 2. The first-order valence-electron chi connectivity index (χ1n) is 7.86. The number of esters is 2. The molecule has 0 unspecified atom stereocenters. The van der Waals surface area contributed by atoms with E-state index in [1.807, 2.05) is 6.92 Å². The predicted molar refractivity (Wildman–Crippen MR) is 97.3 cm³/mol. The predicted octanol–water partition coefficient (Wildman–Crippen LogP) is 4.63. The Morgan fingerprint density at radius 1 is 1.00 bits per heavy atom. The van der Waals surface area contributed by atoms with Crippen LogP contribution in [0.5, 0.6) is 11.5 Å². The molecule has 2 rings (SSSR count). The van der Waals surface area contributed by atoms with Crippen LogP contribution in [0.3, 0.4) is 0 Å². The average molecular weight is 407 g/mol. The maximum atomic E-state index is 12.2. The molecule has 0 radical (unpaired) electrons. The van der Waals surface area contributed by atoms with Gasteiger partial charge in [-0.2, -0.15) is 0 Å². The highest BCUT2D eigenvalue weighted by molar-refractivity contribution is 9.10. The van der Waals surface area contributed by atoms with E-state index in [-0.39, 0.29) is 6.10 Å². The van der Waals surface area contributed by atoms with Crippen molar-refractivity contribution in [1.82, 2.24) is 0 Å². The third-order valence-electron chi connectivity index (χ3n) is 3.11. The van der Waals surface area contributed by atoms with Gasteiger partial charge in [0.1, 0.15) is 11.5 Å². The molecule has 0 saturated heterocycles. The van der Waals surface area contributed by atoms with E-state index in [1.165, 1.54) is 0 Å². The summed E-state index contributed by atoms with van der Waals surface area (Å²) < 4.78 is 16.5. The van der Waals surface area contributed by atoms with Gasteiger partial charge < -0.3 is 14.2 Å². The minimum absolute atomic E-state index is 0.192. The molecule has 2 aromatic carbocycles. The highest BCUT2D eigenvalue weighted by atomic mass is 79.9. The van der Waals surface area contributed by atoms with Crippen LogP contribution in [0.15, 0.2) is 46.9 Å². The lowest BCUT2D eigenvalue weighted by Crippen LogP contribution is -2.12.